The van der Waals surface area contributed by atoms with Gasteiger partial charge in [-0.2, -0.15) is 4.37 Å². The maximum atomic E-state index is 12.2. The zero-order valence-electron chi connectivity index (χ0n) is 12.8. The minimum atomic E-state index is -0.921. The molecule has 2 rings (SSSR count). The van der Waals surface area contributed by atoms with Gasteiger partial charge in [-0.05, 0) is 49.6 Å². The molecule has 2 aromatic rings. The van der Waals surface area contributed by atoms with E-state index in [0.717, 1.165) is 4.47 Å². The topological polar surface area (TPSA) is 80.3 Å². The molecular weight excluding hydrogens is 382 g/mol. The van der Waals surface area contributed by atoms with Crippen LogP contribution in [0.25, 0.3) is 0 Å². The predicted molar refractivity (Wildman–Crippen MR) is 94.0 cm³/mol. The van der Waals surface area contributed by atoms with Crippen molar-refractivity contribution in [3.8, 4) is 0 Å². The number of esters is 1. The molecule has 0 unspecified atom stereocenters. The summed E-state index contributed by atoms with van der Waals surface area (Å²) in [6, 6.07) is 7.13. The molecule has 2 N–H and O–H groups in total. The summed E-state index contributed by atoms with van der Waals surface area (Å²) in [7, 11) is 1.70. The summed E-state index contributed by atoms with van der Waals surface area (Å²) in [4.78, 5) is 24.3. The van der Waals surface area contributed by atoms with Crippen LogP contribution < -0.4 is 10.6 Å². The second-order valence-electron chi connectivity index (χ2n) is 4.77. The third kappa shape index (κ3) is 4.29. The van der Waals surface area contributed by atoms with Gasteiger partial charge in [0.25, 0.3) is 5.91 Å². The van der Waals surface area contributed by atoms with Crippen LogP contribution >= 0.6 is 27.5 Å². The Kier molecular flexibility index (Phi) is 5.73. The lowest BCUT2D eigenvalue weighted by Crippen LogP contribution is -2.30. The van der Waals surface area contributed by atoms with E-state index in [-0.39, 0.29) is 0 Å². The van der Waals surface area contributed by atoms with Crippen molar-refractivity contribution < 1.29 is 14.3 Å². The first-order valence-corrected chi connectivity index (χ1v) is 8.40. The van der Waals surface area contributed by atoms with Gasteiger partial charge >= 0.3 is 5.97 Å². The van der Waals surface area contributed by atoms with Gasteiger partial charge in [0, 0.05) is 17.2 Å². The number of anilines is 2. The Hall–Kier alpha value is -1.93. The number of nitrogens with zero attached hydrogens (tertiary/aromatic N) is 1. The van der Waals surface area contributed by atoms with Crippen molar-refractivity contribution in [2.75, 3.05) is 17.7 Å². The highest BCUT2D eigenvalue weighted by Gasteiger charge is 2.24. The maximum absolute atomic E-state index is 12.2. The third-order valence-electron chi connectivity index (χ3n) is 3.06. The predicted octanol–water partition coefficient (Wildman–Crippen LogP) is 3.44. The summed E-state index contributed by atoms with van der Waals surface area (Å²) in [5, 5.41) is 6.21. The third-order valence-corrected chi connectivity index (χ3v) is 4.54. The molecule has 0 radical (unpaired) electrons. The molecule has 0 fully saturated rings. The first kappa shape index (κ1) is 17.4. The Morgan fingerprint density at radius 1 is 1.30 bits per heavy atom. The number of ether oxygens (including phenoxy) is 1. The number of nitrogens with one attached hydrogen (secondary N) is 2. The highest BCUT2D eigenvalue weighted by atomic mass is 79.9. The van der Waals surface area contributed by atoms with Gasteiger partial charge in [-0.15, -0.1) is 0 Å². The van der Waals surface area contributed by atoms with E-state index >= 15 is 0 Å². The lowest BCUT2D eigenvalue weighted by Gasteiger charge is -2.14. The van der Waals surface area contributed by atoms with Crippen molar-refractivity contribution in [1.82, 2.24) is 4.37 Å². The van der Waals surface area contributed by atoms with E-state index in [1.165, 1.54) is 18.5 Å². The summed E-state index contributed by atoms with van der Waals surface area (Å²) in [5.41, 5.74) is 1.57. The van der Waals surface area contributed by atoms with Crippen LogP contribution in [-0.2, 0) is 9.53 Å². The normalized spacial score (nSPS) is 11.7. The Bertz CT molecular complexity index is 715. The van der Waals surface area contributed by atoms with Gasteiger partial charge < -0.3 is 15.4 Å². The summed E-state index contributed by atoms with van der Waals surface area (Å²) >= 11 is 4.50. The Morgan fingerprint density at radius 3 is 2.57 bits per heavy atom. The Morgan fingerprint density at radius 2 is 1.96 bits per heavy atom. The second-order valence-corrected chi connectivity index (χ2v) is 6.45. The van der Waals surface area contributed by atoms with Crippen LogP contribution in [0.5, 0.6) is 0 Å². The number of hydrogen-bond acceptors (Lipinski definition) is 6. The largest absolute Gasteiger partial charge is 0.449 e. The van der Waals surface area contributed by atoms with E-state index in [2.05, 4.69) is 30.9 Å². The molecule has 0 bridgehead atoms. The molecule has 1 amide bonds. The number of aryl methyl sites for hydroxylation is 1. The van der Waals surface area contributed by atoms with E-state index in [0.29, 0.717) is 21.9 Å². The lowest BCUT2D eigenvalue weighted by atomic mass is 10.2. The Balaban J connectivity index is 2.01. The highest BCUT2D eigenvalue weighted by Crippen LogP contribution is 2.25. The van der Waals surface area contributed by atoms with Crippen LogP contribution in [0, 0.1) is 6.92 Å². The minimum Gasteiger partial charge on any atom is -0.449 e. The van der Waals surface area contributed by atoms with Gasteiger partial charge in [0.15, 0.2) is 6.10 Å². The molecule has 0 saturated heterocycles. The number of halogens is 1. The number of amides is 1. The molecule has 0 spiro atoms. The summed E-state index contributed by atoms with van der Waals surface area (Å²) in [6.07, 6.45) is -0.921. The van der Waals surface area contributed by atoms with Crippen molar-refractivity contribution in [2.45, 2.75) is 20.0 Å². The van der Waals surface area contributed by atoms with Crippen LogP contribution in [0.3, 0.4) is 0 Å². The van der Waals surface area contributed by atoms with E-state index in [1.807, 2.05) is 12.1 Å². The van der Waals surface area contributed by atoms with E-state index in [4.69, 9.17) is 4.74 Å². The standard InChI is InChI=1S/C15H16BrN3O3S/c1-8-12(14(17-3)23-19-8)15(21)22-9(2)13(20)18-11-6-4-10(16)5-7-11/h4-7,9,17H,1-3H3,(H,18,20)/t9-/m1/s1. The molecule has 1 aromatic carbocycles. The number of aromatic nitrogens is 1. The fourth-order valence-corrected chi connectivity index (χ4v) is 2.83. The first-order chi connectivity index (χ1) is 10.9. The van der Waals surface area contributed by atoms with Crippen LogP contribution in [0.2, 0.25) is 0 Å². The van der Waals surface area contributed by atoms with Crippen molar-refractivity contribution in [1.29, 1.82) is 0 Å². The SMILES string of the molecule is CNc1snc(C)c1C(=O)O[C@H](C)C(=O)Nc1ccc(Br)cc1. The van der Waals surface area contributed by atoms with Crippen molar-refractivity contribution in [3.63, 3.8) is 0 Å². The molecule has 1 aromatic heterocycles. The van der Waals surface area contributed by atoms with Crippen molar-refractivity contribution >= 4 is 50.0 Å². The minimum absolute atomic E-state index is 0.362. The zero-order valence-corrected chi connectivity index (χ0v) is 15.2. The monoisotopic (exact) mass is 397 g/mol. The highest BCUT2D eigenvalue weighted by molar-refractivity contribution is 9.10. The van der Waals surface area contributed by atoms with Gasteiger partial charge in [0.1, 0.15) is 10.6 Å². The van der Waals surface area contributed by atoms with E-state index < -0.39 is 18.0 Å². The van der Waals surface area contributed by atoms with Crippen LogP contribution in [0.1, 0.15) is 23.0 Å². The Labute approximate surface area is 146 Å². The molecule has 1 atom stereocenters. The van der Waals surface area contributed by atoms with Crippen LogP contribution in [0.15, 0.2) is 28.7 Å². The van der Waals surface area contributed by atoms with Gasteiger partial charge in [-0.1, -0.05) is 15.9 Å². The molecule has 1 heterocycles. The quantitative estimate of drug-likeness (QED) is 0.755. The smallest absolute Gasteiger partial charge is 0.343 e. The number of hydrogen-bond donors (Lipinski definition) is 2. The average Bonchev–Trinajstić information content (AvgIpc) is 2.90. The molecule has 6 nitrogen and oxygen atoms in total. The van der Waals surface area contributed by atoms with Crippen LogP contribution in [-0.4, -0.2) is 29.4 Å². The molecule has 23 heavy (non-hydrogen) atoms. The summed E-state index contributed by atoms with van der Waals surface area (Å²) in [6.45, 7) is 3.25. The molecule has 0 aliphatic carbocycles. The molecule has 122 valence electrons. The van der Waals surface area contributed by atoms with Crippen molar-refractivity contribution in [2.24, 2.45) is 0 Å². The molecule has 8 heteroatoms. The second kappa shape index (κ2) is 7.56. The van der Waals surface area contributed by atoms with Gasteiger partial charge in [0.2, 0.25) is 0 Å². The van der Waals surface area contributed by atoms with E-state index in [1.54, 1.807) is 26.1 Å². The van der Waals surface area contributed by atoms with Gasteiger partial charge in [-0.25, -0.2) is 4.79 Å². The maximum Gasteiger partial charge on any atom is 0.343 e. The fraction of sp³-hybridized carbons (Fsp3) is 0.267. The van der Waals surface area contributed by atoms with Gasteiger partial charge in [0.05, 0.1) is 5.69 Å². The van der Waals surface area contributed by atoms with Crippen molar-refractivity contribution in [3.05, 3.63) is 40.0 Å². The number of benzene rings is 1. The number of carbonyl (C=O) groups is 2. The summed E-state index contributed by atoms with van der Waals surface area (Å²) < 4.78 is 10.3. The number of rotatable bonds is 5. The molecule has 0 aliphatic heterocycles. The summed E-state index contributed by atoms with van der Waals surface area (Å²) in [5.74, 6) is -0.966. The molecule has 0 aliphatic rings. The van der Waals surface area contributed by atoms with Gasteiger partial charge in [-0.3, -0.25) is 4.79 Å². The zero-order chi connectivity index (χ0) is 17.0. The first-order valence-electron chi connectivity index (χ1n) is 6.83. The molecular formula is C15H16BrN3O3S. The lowest BCUT2D eigenvalue weighted by molar-refractivity contribution is -0.123. The fourth-order valence-electron chi connectivity index (χ4n) is 1.83. The average molecular weight is 398 g/mol. The molecule has 0 saturated carbocycles. The van der Waals surface area contributed by atoms with E-state index in [9.17, 15) is 9.59 Å². The number of carbonyl (C=O) groups excluding carboxylic acids is 2. The van der Waals surface area contributed by atoms with Crippen LogP contribution in [0.4, 0.5) is 10.7 Å².